The molecule has 22 heavy (non-hydrogen) atoms. The summed E-state index contributed by atoms with van der Waals surface area (Å²) in [6.07, 6.45) is -4.34. The first-order chi connectivity index (χ1) is 10.2. The summed E-state index contributed by atoms with van der Waals surface area (Å²) in [4.78, 5) is 25.0. The highest BCUT2D eigenvalue weighted by Gasteiger charge is 2.55. The van der Waals surface area contributed by atoms with Crippen LogP contribution in [-0.4, -0.2) is 55.0 Å². The first-order valence-electron chi connectivity index (χ1n) is 6.74. The van der Waals surface area contributed by atoms with Gasteiger partial charge in [0.1, 0.15) is 17.5 Å². The van der Waals surface area contributed by atoms with Gasteiger partial charge in [0.25, 0.3) is 5.56 Å². The molecule has 0 spiro atoms. The van der Waals surface area contributed by atoms with E-state index in [0.717, 1.165) is 4.90 Å². The van der Waals surface area contributed by atoms with Gasteiger partial charge in [-0.3, -0.25) is 19.6 Å². The second-order valence-electron chi connectivity index (χ2n) is 5.71. The van der Waals surface area contributed by atoms with Gasteiger partial charge in [-0.05, 0) is 13.0 Å². The van der Waals surface area contributed by atoms with E-state index in [1.165, 1.54) is 24.6 Å². The third kappa shape index (κ3) is 2.02. The summed E-state index contributed by atoms with van der Waals surface area (Å²) in [5.41, 5.74) is -1.44. The van der Waals surface area contributed by atoms with Crippen LogP contribution in [0.3, 0.4) is 0 Å². The molecule has 2 amide bonds. The Hall–Kier alpha value is -1.94. The van der Waals surface area contributed by atoms with Crippen molar-refractivity contribution in [3.8, 4) is 0 Å². The molecule has 2 aliphatic heterocycles. The topological polar surface area (TPSA) is 124 Å². The van der Waals surface area contributed by atoms with Gasteiger partial charge >= 0.3 is 6.03 Å². The number of urea groups is 1. The number of ether oxygens (including phenoxy) is 1. The maximum atomic E-state index is 12.3. The Kier molecular flexibility index (Phi) is 3.25. The third-order valence-corrected chi connectivity index (χ3v) is 4.14. The zero-order valence-corrected chi connectivity index (χ0v) is 12.1. The van der Waals surface area contributed by atoms with Crippen LogP contribution in [0.15, 0.2) is 16.9 Å². The largest absolute Gasteiger partial charge is 0.385 e. The van der Waals surface area contributed by atoms with Crippen molar-refractivity contribution in [3.63, 3.8) is 0 Å². The number of pyridine rings is 1. The number of nitrogens with zero attached hydrogens (tertiary/aromatic N) is 2. The van der Waals surface area contributed by atoms with Crippen LogP contribution in [0.25, 0.3) is 0 Å². The summed E-state index contributed by atoms with van der Waals surface area (Å²) in [6.45, 7) is 1.34. The van der Waals surface area contributed by atoms with Crippen molar-refractivity contribution in [2.75, 3.05) is 5.32 Å². The molecule has 3 heterocycles. The Morgan fingerprint density at radius 3 is 2.64 bits per heavy atom. The van der Waals surface area contributed by atoms with Gasteiger partial charge in [0, 0.05) is 18.7 Å². The van der Waals surface area contributed by atoms with Gasteiger partial charge in [-0.2, -0.15) is 0 Å². The van der Waals surface area contributed by atoms with E-state index in [1.807, 2.05) is 0 Å². The summed E-state index contributed by atoms with van der Waals surface area (Å²) >= 11 is 0. The van der Waals surface area contributed by atoms with Crippen LogP contribution in [-0.2, 0) is 18.3 Å². The molecule has 9 nitrogen and oxygen atoms in total. The number of hydrogen-bond acceptors (Lipinski definition) is 6. The van der Waals surface area contributed by atoms with Crippen molar-refractivity contribution in [1.29, 1.82) is 0 Å². The molecular formula is C13H17N3O6. The standard InChI is InChI=1S/C13H17N3O6/c1-13(21)8(18)10(19)22-11(13)16-5-6-3-4-7(17)15(2)9(6)14-12(16)20/h3-4,8,10-11,18-19,21H,5H2,1-2H3,(H,14,20)/t8-,10?,11-,13-/m1/s1. The Labute approximate surface area is 125 Å². The van der Waals surface area contributed by atoms with Crippen molar-refractivity contribution in [1.82, 2.24) is 9.47 Å². The molecule has 1 aromatic heterocycles. The molecule has 1 unspecified atom stereocenters. The second-order valence-corrected chi connectivity index (χ2v) is 5.71. The van der Waals surface area contributed by atoms with Gasteiger partial charge in [0.2, 0.25) is 0 Å². The molecule has 1 aromatic rings. The lowest BCUT2D eigenvalue weighted by Gasteiger charge is -2.38. The van der Waals surface area contributed by atoms with E-state index < -0.39 is 30.3 Å². The highest BCUT2D eigenvalue weighted by atomic mass is 16.7. The van der Waals surface area contributed by atoms with Gasteiger partial charge < -0.3 is 20.1 Å². The second kappa shape index (κ2) is 4.78. The number of anilines is 1. The van der Waals surface area contributed by atoms with Crippen molar-refractivity contribution in [3.05, 3.63) is 28.0 Å². The number of amides is 2. The van der Waals surface area contributed by atoms with E-state index in [2.05, 4.69) is 5.32 Å². The number of nitrogens with one attached hydrogen (secondary N) is 1. The average Bonchev–Trinajstić information content (AvgIpc) is 2.66. The fourth-order valence-corrected chi connectivity index (χ4v) is 2.77. The maximum Gasteiger partial charge on any atom is 0.325 e. The molecule has 1 saturated heterocycles. The van der Waals surface area contributed by atoms with Crippen molar-refractivity contribution in [2.24, 2.45) is 7.05 Å². The first-order valence-corrected chi connectivity index (χ1v) is 6.74. The molecular weight excluding hydrogens is 294 g/mol. The van der Waals surface area contributed by atoms with Crippen molar-refractivity contribution in [2.45, 2.75) is 37.7 Å². The quantitative estimate of drug-likeness (QED) is 0.501. The summed E-state index contributed by atoms with van der Waals surface area (Å²) in [6, 6.07) is 2.34. The van der Waals surface area contributed by atoms with Crippen LogP contribution in [0.2, 0.25) is 0 Å². The molecule has 120 valence electrons. The van der Waals surface area contributed by atoms with Crippen molar-refractivity contribution < 1.29 is 24.9 Å². The Balaban J connectivity index is 1.96. The number of aliphatic hydroxyl groups is 3. The van der Waals surface area contributed by atoms with E-state index in [9.17, 15) is 24.9 Å². The van der Waals surface area contributed by atoms with E-state index in [-0.39, 0.29) is 12.1 Å². The molecule has 4 atom stereocenters. The minimum atomic E-state index is -1.82. The number of carbonyl (C=O) groups excluding carboxylic acids is 1. The molecule has 0 radical (unpaired) electrons. The molecule has 2 aliphatic rings. The number of aromatic nitrogens is 1. The predicted octanol–water partition coefficient (Wildman–Crippen LogP) is -1.48. The lowest BCUT2D eigenvalue weighted by Crippen LogP contribution is -2.57. The summed E-state index contributed by atoms with van der Waals surface area (Å²) < 4.78 is 6.43. The van der Waals surface area contributed by atoms with Crippen LogP contribution in [0.1, 0.15) is 12.5 Å². The SMILES string of the molecule is Cn1c2c(ccc1=O)CN([C@@H]1OC(O)[C@@H](O)[C@@]1(C)O)C(=O)N2. The Morgan fingerprint density at radius 1 is 1.36 bits per heavy atom. The van der Waals surface area contributed by atoms with Gasteiger partial charge in [-0.15, -0.1) is 0 Å². The lowest BCUT2D eigenvalue weighted by atomic mass is 9.98. The van der Waals surface area contributed by atoms with Crippen LogP contribution in [0, 0.1) is 0 Å². The highest BCUT2D eigenvalue weighted by Crippen LogP contribution is 2.35. The maximum absolute atomic E-state index is 12.3. The molecule has 0 saturated carbocycles. The summed E-state index contributed by atoms with van der Waals surface area (Å²) in [5, 5.41) is 32.2. The molecule has 1 fully saturated rings. The minimum absolute atomic E-state index is 0.0650. The molecule has 0 bridgehead atoms. The third-order valence-electron chi connectivity index (χ3n) is 4.14. The van der Waals surface area contributed by atoms with Crippen molar-refractivity contribution >= 4 is 11.8 Å². The zero-order valence-electron chi connectivity index (χ0n) is 12.1. The predicted molar refractivity (Wildman–Crippen MR) is 73.8 cm³/mol. The fraction of sp³-hybridized carbons (Fsp3) is 0.538. The van der Waals surface area contributed by atoms with Crippen LogP contribution in [0.5, 0.6) is 0 Å². The number of rotatable bonds is 1. The monoisotopic (exact) mass is 311 g/mol. The highest BCUT2D eigenvalue weighted by molar-refractivity contribution is 5.91. The Morgan fingerprint density at radius 2 is 2.05 bits per heavy atom. The summed E-state index contributed by atoms with van der Waals surface area (Å²) in [5.74, 6) is 0.368. The first kappa shape index (κ1) is 15.0. The molecule has 0 aliphatic carbocycles. The van der Waals surface area contributed by atoms with Crippen LogP contribution >= 0.6 is 0 Å². The van der Waals surface area contributed by atoms with E-state index in [4.69, 9.17) is 4.74 Å². The Bertz CT molecular complexity index is 685. The smallest absolute Gasteiger partial charge is 0.325 e. The van der Waals surface area contributed by atoms with Crippen LogP contribution in [0.4, 0.5) is 10.6 Å². The van der Waals surface area contributed by atoms with Gasteiger partial charge in [0.15, 0.2) is 12.5 Å². The molecule has 0 aromatic carbocycles. The van der Waals surface area contributed by atoms with E-state index in [1.54, 1.807) is 6.07 Å². The summed E-state index contributed by atoms with van der Waals surface area (Å²) in [7, 11) is 1.53. The number of aliphatic hydroxyl groups excluding tert-OH is 2. The van der Waals surface area contributed by atoms with Crippen LogP contribution < -0.4 is 10.9 Å². The van der Waals surface area contributed by atoms with E-state index >= 15 is 0 Å². The number of carbonyl (C=O) groups is 1. The van der Waals surface area contributed by atoms with Gasteiger partial charge in [-0.25, -0.2) is 4.79 Å². The van der Waals surface area contributed by atoms with E-state index in [0.29, 0.717) is 11.4 Å². The zero-order chi connectivity index (χ0) is 16.2. The van der Waals surface area contributed by atoms with Gasteiger partial charge in [-0.1, -0.05) is 0 Å². The minimum Gasteiger partial charge on any atom is -0.385 e. The van der Waals surface area contributed by atoms with Gasteiger partial charge in [0.05, 0.1) is 6.54 Å². The fourth-order valence-electron chi connectivity index (χ4n) is 2.77. The molecule has 9 heteroatoms. The molecule has 4 N–H and O–H groups in total. The molecule has 3 rings (SSSR count). The normalized spacial score (nSPS) is 34.5. The number of fused-ring (bicyclic) bond motifs is 1. The number of hydrogen-bond donors (Lipinski definition) is 4. The average molecular weight is 311 g/mol. The lowest BCUT2D eigenvalue weighted by molar-refractivity contribution is -0.155.